The summed E-state index contributed by atoms with van der Waals surface area (Å²) in [7, 11) is 0. The molecule has 0 fully saturated rings. The molecule has 5 aromatic carbocycles. The Morgan fingerprint density at radius 1 is 0.457 bits per heavy atom. The van der Waals surface area contributed by atoms with Gasteiger partial charge in [0, 0.05) is 22.3 Å². The summed E-state index contributed by atoms with van der Waals surface area (Å²) in [6, 6.07) is 39.9. The van der Waals surface area contributed by atoms with Gasteiger partial charge in [0.25, 0.3) is 0 Å². The number of hydrogen-bond donors (Lipinski definition) is 0. The quantitative estimate of drug-likeness (QED) is 0.0827. The van der Waals surface area contributed by atoms with E-state index in [9.17, 15) is 9.59 Å². The average Bonchev–Trinajstić information content (AvgIpc) is 3.12. The summed E-state index contributed by atoms with van der Waals surface area (Å²) >= 11 is 0. The van der Waals surface area contributed by atoms with Crippen LogP contribution in [-0.4, -0.2) is 11.6 Å². The first-order chi connectivity index (χ1) is 22.6. The molecule has 2 nitrogen and oxygen atoms in total. The summed E-state index contributed by atoms with van der Waals surface area (Å²) in [4.78, 5) is 29.7. The van der Waals surface area contributed by atoms with E-state index in [-0.39, 0.29) is 11.6 Å². The Labute approximate surface area is 275 Å². The topological polar surface area (TPSA) is 34.1 Å². The SMILES string of the molecule is CCCCCCc1cc(-c2ccccc2-c2ccccc2)c(C(=O)c2ccccc2)c(C(=O)c2ccccc2)c1CCCCCC. The number of carbonyl (C=O) groups is 2. The van der Waals surface area contributed by atoms with Gasteiger partial charge in [-0.15, -0.1) is 0 Å². The van der Waals surface area contributed by atoms with E-state index in [0.717, 1.165) is 79.2 Å². The molecule has 0 heterocycles. The van der Waals surface area contributed by atoms with Gasteiger partial charge in [-0.2, -0.15) is 0 Å². The third-order valence-corrected chi connectivity index (χ3v) is 8.94. The molecule has 0 bridgehead atoms. The highest BCUT2D eigenvalue weighted by molar-refractivity contribution is 6.23. The average molecular weight is 607 g/mol. The van der Waals surface area contributed by atoms with E-state index in [4.69, 9.17) is 0 Å². The van der Waals surface area contributed by atoms with Crippen LogP contribution in [-0.2, 0) is 12.8 Å². The fourth-order valence-electron chi connectivity index (χ4n) is 6.51. The number of rotatable bonds is 16. The summed E-state index contributed by atoms with van der Waals surface area (Å²) in [6.45, 7) is 4.46. The molecule has 46 heavy (non-hydrogen) atoms. The fraction of sp³-hybridized carbons (Fsp3) is 0.273. The van der Waals surface area contributed by atoms with Crippen LogP contribution in [0.5, 0.6) is 0 Å². The lowest BCUT2D eigenvalue weighted by atomic mass is 9.78. The van der Waals surface area contributed by atoms with Gasteiger partial charge in [0.1, 0.15) is 0 Å². The van der Waals surface area contributed by atoms with Crippen LogP contribution in [0.4, 0.5) is 0 Å². The molecule has 2 heteroatoms. The Morgan fingerprint density at radius 3 is 1.50 bits per heavy atom. The van der Waals surface area contributed by atoms with E-state index in [0.29, 0.717) is 22.3 Å². The molecule has 0 atom stereocenters. The first-order valence-corrected chi connectivity index (χ1v) is 17.2. The molecule has 0 spiro atoms. The van der Waals surface area contributed by atoms with Crippen LogP contribution in [0.3, 0.4) is 0 Å². The summed E-state index contributed by atoms with van der Waals surface area (Å²) in [5.74, 6) is -0.177. The highest BCUT2D eigenvalue weighted by atomic mass is 16.1. The van der Waals surface area contributed by atoms with Crippen LogP contribution in [0.15, 0.2) is 121 Å². The highest BCUT2D eigenvalue weighted by Crippen LogP contribution is 2.40. The first-order valence-electron chi connectivity index (χ1n) is 17.2. The van der Waals surface area contributed by atoms with Crippen molar-refractivity contribution in [3.05, 3.63) is 155 Å². The van der Waals surface area contributed by atoms with Gasteiger partial charge < -0.3 is 0 Å². The zero-order chi connectivity index (χ0) is 32.1. The van der Waals surface area contributed by atoms with E-state index >= 15 is 0 Å². The molecule has 0 amide bonds. The van der Waals surface area contributed by atoms with Crippen LogP contribution in [0.2, 0.25) is 0 Å². The number of hydrogen-bond acceptors (Lipinski definition) is 2. The van der Waals surface area contributed by atoms with E-state index in [1.54, 1.807) is 0 Å². The molecule has 0 aliphatic rings. The minimum atomic E-state index is -0.106. The number of carbonyl (C=O) groups excluding carboxylic acids is 2. The minimum Gasteiger partial charge on any atom is -0.289 e. The van der Waals surface area contributed by atoms with Crippen molar-refractivity contribution in [1.29, 1.82) is 0 Å². The maximum absolute atomic E-state index is 14.8. The van der Waals surface area contributed by atoms with Crippen molar-refractivity contribution in [3.63, 3.8) is 0 Å². The number of aryl methyl sites for hydroxylation is 1. The molecule has 0 aliphatic heterocycles. The smallest absolute Gasteiger partial charge is 0.194 e. The third-order valence-electron chi connectivity index (χ3n) is 8.94. The lowest BCUT2D eigenvalue weighted by Gasteiger charge is -2.23. The second-order valence-electron chi connectivity index (χ2n) is 12.2. The van der Waals surface area contributed by atoms with Gasteiger partial charge in [0.15, 0.2) is 11.6 Å². The number of ketones is 2. The van der Waals surface area contributed by atoms with E-state index in [1.165, 1.54) is 18.4 Å². The summed E-state index contributed by atoms with van der Waals surface area (Å²) in [6.07, 6.45) is 10.6. The second kappa shape index (κ2) is 16.7. The molecule has 0 saturated heterocycles. The van der Waals surface area contributed by atoms with Crippen molar-refractivity contribution < 1.29 is 9.59 Å². The molecule has 0 N–H and O–H groups in total. The lowest BCUT2D eigenvalue weighted by molar-refractivity contribution is 0.100. The van der Waals surface area contributed by atoms with Gasteiger partial charge in [-0.25, -0.2) is 0 Å². The molecular weight excluding hydrogens is 560 g/mol. The highest BCUT2D eigenvalue weighted by Gasteiger charge is 2.29. The van der Waals surface area contributed by atoms with Gasteiger partial charge in [-0.1, -0.05) is 174 Å². The predicted octanol–water partition coefficient (Wildman–Crippen LogP) is 11.7. The Balaban J connectivity index is 1.84. The van der Waals surface area contributed by atoms with Crippen LogP contribution >= 0.6 is 0 Å². The molecule has 234 valence electrons. The molecule has 5 aromatic rings. The minimum absolute atomic E-state index is 0.0702. The third kappa shape index (κ3) is 7.80. The van der Waals surface area contributed by atoms with Gasteiger partial charge in [0.2, 0.25) is 0 Å². The second-order valence-corrected chi connectivity index (χ2v) is 12.2. The predicted molar refractivity (Wildman–Crippen MR) is 193 cm³/mol. The van der Waals surface area contributed by atoms with Gasteiger partial charge >= 0.3 is 0 Å². The van der Waals surface area contributed by atoms with Crippen LogP contribution in [0, 0.1) is 0 Å². The standard InChI is InChI=1S/C44H46O2/c1-3-5-7-12-28-36-32-40(39-31-21-20-29-37(39)33-22-13-9-14-23-33)42(44(46)35-26-17-11-18-27-35)41(38(36)30-19-8-6-4-2)43(45)34-24-15-10-16-25-34/h9-11,13-18,20-27,29,31-32H,3-8,12,19,28,30H2,1-2H3. The Kier molecular flexibility index (Phi) is 11.9. The molecular formula is C44H46O2. The number of benzene rings is 5. The van der Waals surface area contributed by atoms with Crippen molar-refractivity contribution >= 4 is 11.6 Å². The maximum Gasteiger partial charge on any atom is 0.194 e. The van der Waals surface area contributed by atoms with Gasteiger partial charge in [0.05, 0.1) is 0 Å². The summed E-state index contributed by atoms with van der Waals surface area (Å²) in [5, 5.41) is 0. The maximum atomic E-state index is 14.8. The Hall–Kier alpha value is -4.56. The van der Waals surface area contributed by atoms with E-state index in [1.807, 2.05) is 91.0 Å². The number of unbranched alkanes of at least 4 members (excludes halogenated alkanes) is 6. The van der Waals surface area contributed by atoms with Crippen molar-refractivity contribution in [3.8, 4) is 22.3 Å². The van der Waals surface area contributed by atoms with Crippen molar-refractivity contribution in [2.24, 2.45) is 0 Å². The van der Waals surface area contributed by atoms with E-state index in [2.05, 4.69) is 44.2 Å². The molecule has 0 radical (unpaired) electrons. The zero-order valence-electron chi connectivity index (χ0n) is 27.4. The van der Waals surface area contributed by atoms with Gasteiger partial charge in [-0.05, 0) is 59.1 Å². The van der Waals surface area contributed by atoms with E-state index < -0.39 is 0 Å². The fourth-order valence-corrected chi connectivity index (χ4v) is 6.51. The Morgan fingerprint density at radius 2 is 0.935 bits per heavy atom. The summed E-state index contributed by atoms with van der Waals surface area (Å²) in [5.41, 5.74) is 8.53. The first kappa shape index (κ1) is 32.8. The monoisotopic (exact) mass is 606 g/mol. The molecule has 0 saturated carbocycles. The van der Waals surface area contributed by atoms with Crippen molar-refractivity contribution in [2.75, 3.05) is 0 Å². The molecule has 0 aliphatic carbocycles. The molecule has 0 unspecified atom stereocenters. The Bertz CT molecular complexity index is 1720. The summed E-state index contributed by atoms with van der Waals surface area (Å²) < 4.78 is 0. The van der Waals surface area contributed by atoms with Crippen molar-refractivity contribution in [1.82, 2.24) is 0 Å². The van der Waals surface area contributed by atoms with Gasteiger partial charge in [-0.3, -0.25) is 9.59 Å². The zero-order valence-corrected chi connectivity index (χ0v) is 27.4. The van der Waals surface area contributed by atoms with Crippen LogP contribution < -0.4 is 0 Å². The largest absolute Gasteiger partial charge is 0.289 e. The molecule has 0 aromatic heterocycles. The molecule has 5 rings (SSSR count). The van der Waals surface area contributed by atoms with Crippen LogP contribution in [0.1, 0.15) is 108 Å². The lowest BCUT2D eigenvalue weighted by Crippen LogP contribution is -2.18. The van der Waals surface area contributed by atoms with Crippen molar-refractivity contribution in [2.45, 2.75) is 78.1 Å². The van der Waals surface area contributed by atoms with Crippen LogP contribution in [0.25, 0.3) is 22.3 Å². The normalized spacial score (nSPS) is 11.0.